The van der Waals surface area contributed by atoms with Crippen LogP contribution in [-0.4, -0.2) is 0 Å². The summed E-state index contributed by atoms with van der Waals surface area (Å²) in [4.78, 5) is 0. The summed E-state index contributed by atoms with van der Waals surface area (Å²) in [6, 6.07) is 0. The lowest BCUT2D eigenvalue weighted by molar-refractivity contribution is -0.00252. The Morgan fingerprint density at radius 3 is 1.30 bits per heavy atom. The highest BCUT2D eigenvalue weighted by Gasteiger charge is 2.41. The van der Waals surface area contributed by atoms with Gasteiger partial charge in [0, 0.05) is 0 Å². The molecule has 0 heteroatoms. The van der Waals surface area contributed by atoms with Gasteiger partial charge in [0.15, 0.2) is 0 Å². The van der Waals surface area contributed by atoms with Gasteiger partial charge in [-0.05, 0) is 23.7 Å². The lowest BCUT2D eigenvalue weighted by Crippen LogP contribution is -2.42. The molecule has 1 aliphatic rings. The van der Waals surface area contributed by atoms with Gasteiger partial charge in [-0.3, -0.25) is 0 Å². The number of hydrogen-bond donors (Lipinski definition) is 0. The molecule has 1 fully saturated rings. The van der Waals surface area contributed by atoms with Crippen molar-refractivity contribution in [1.82, 2.24) is 0 Å². The molecule has 0 heterocycles. The Bertz CT molecular complexity index is 84.6. The molecule has 0 aromatic rings. The molecular weight excluding hydrogens is 120 g/mol. The van der Waals surface area contributed by atoms with Crippen molar-refractivity contribution < 1.29 is 0 Å². The van der Waals surface area contributed by atoms with Crippen LogP contribution in [0.4, 0.5) is 0 Å². The molecule has 0 unspecified atom stereocenters. The molecule has 0 N–H and O–H groups in total. The maximum atomic E-state index is 2.42. The monoisotopic (exact) mass is 140 g/mol. The van der Waals surface area contributed by atoms with E-state index in [4.69, 9.17) is 0 Å². The first-order valence-electron chi connectivity index (χ1n) is 4.72. The molecule has 1 aliphatic carbocycles. The SMILES string of the molecule is CCC1C(C)C(CC)C1C. The van der Waals surface area contributed by atoms with Crippen molar-refractivity contribution in [2.45, 2.75) is 40.5 Å². The summed E-state index contributed by atoms with van der Waals surface area (Å²) in [5.74, 6) is 4.07. The third-order valence-electron chi connectivity index (χ3n) is 3.64. The first kappa shape index (κ1) is 8.10. The van der Waals surface area contributed by atoms with Gasteiger partial charge in [-0.15, -0.1) is 0 Å². The molecule has 1 saturated carbocycles. The van der Waals surface area contributed by atoms with Crippen LogP contribution in [0.25, 0.3) is 0 Å². The first-order valence-corrected chi connectivity index (χ1v) is 4.72. The van der Waals surface area contributed by atoms with Gasteiger partial charge in [0.2, 0.25) is 0 Å². The minimum absolute atomic E-state index is 1.00. The molecule has 0 radical (unpaired) electrons. The molecule has 1 rings (SSSR count). The van der Waals surface area contributed by atoms with Gasteiger partial charge in [0.05, 0.1) is 0 Å². The van der Waals surface area contributed by atoms with Gasteiger partial charge < -0.3 is 0 Å². The second-order valence-corrected chi connectivity index (χ2v) is 3.86. The van der Waals surface area contributed by atoms with E-state index >= 15 is 0 Å². The highest BCUT2D eigenvalue weighted by atomic mass is 14.5. The van der Waals surface area contributed by atoms with E-state index in [1.54, 1.807) is 0 Å². The van der Waals surface area contributed by atoms with Crippen LogP contribution < -0.4 is 0 Å². The van der Waals surface area contributed by atoms with E-state index in [0.29, 0.717) is 0 Å². The largest absolute Gasteiger partial charge is 0.0651 e. The zero-order valence-corrected chi connectivity index (χ0v) is 7.72. The molecule has 0 aromatic carbocycles. The lowest BCUT2D eigenvalue weighted by atomic mass is 9.56. The minimum atomic E-state index is 1.00. The van der Waals surface area contributed by atoms with E-state index < -0.39 is 0 Å². The molecule has 0 aromatic heterocycles. The third-order valence-corrected chi connectivity index (χ3v) is 3.64. The van der Waals surface area contributed by atoms with Crippen LogP contribution in [0.15, 0.2) is 0 Å². The van der Waals surface area contributed by atoms with Gasteiger partial charge >= 0.3 is 0 Å². The highest BCUT2D eigenvalue weighted by Crippen LogP contribution is 2.48. The topological polar surface area (TPSA) is 0 Å². The second-order valence-electron chi connectivity index (χ2n) is 3.86. The van der Waals surface area contributed by atoms with Crippen molar-refractivity contribution in [3.8, 4) is 0 Å². The van der Waals surface area contributed by atoms with Crippen molar-refractivity contribution in [3.05, 3.63) is 0 Å². The Balaban J connectivity index is 2.42. The quantitative estimate of drug-likeness (QED) is 0.552. The maximum absolute atomic E-state index is 2.42. The lowest BCUT2D eigenvalue weighted by Gasteiger charge is -2.49. The highest BCUT2D eigenvalue weighted by molar-refractivity contribution is 4.90. The van der Waals surface area contributed by atoms with Gasteiger partial charge in [0.1, 0.15) is 0 Å². The Morgan fingerprint density at radius 1 is 0.800 bits per heavy atom. The van der Waals surface area contributed by atoms with E-state index in [-0.39, 0.29) is 0 Å². The van der Waals surface area contributed by atoms with Crippen LogP contribution in [-0.2, 0) is 0 Å². The summed E-state index contributed by atoms with van der Waals surface area (Å²) < 4.78 is 0. The van der Waals surface area contributed by atoms with Crippen molar-refractivity contribution in [3.63, 3.8) is 0 Å². The van der Waals surface area contributed by atoms with Crippen LogP contribution in [0.1, 0.15) is 40.5 Å². The Morgan fingerprint density at radius 2 is 1.10 bits per heavy atom. The van der Waals surface area contributed by atoms with Crippen LogP contribution in [0, 0.1) is 23.7 Å². The maximum Gasteiger partial charge on any atom is -0.0360 e. The summed E-state index contributed by atoms with van der Waals surface area (Å²) >= 11 is 0. The zero-order valence-electron chi connectivity index (χ0n) is 7.72. The average molecular weight is 140 g/mol. The van der Waals surface area contributed by atoms with E-state index in [1.165, 1.54) is 12.8 Å². The number of hydrogen-bond acceptors (Lipinski definition) is 0. The van der Waals surface area contributed by atoms with Gasteiger partial charge in [-0.25, -0.2) is 0 Å². The van der Waals surface area contributed by atoms with Crippen molar-refractivity contribution in [2.75, 3.05) is 0 Å². The molecule has 0 amide bonds. The Labute approximate surface area is 65.0 Å². The Hall–Kier alpha value is 0. The molecule has 10 heavy (non-hydrogen) atoms. The fourth-order valence-corrected chi connectivity index (χ4v) is 2.93. The minimum Gasteiger partial charge on any atom is -0.0651 e. The van der Waals surface area contributed by atoms with Gasteiger partial charge in [-0.2, -0.15) is 0 Å². The van der Waals surface area contributed by atoms with E-state index in [1.807, 2.05) is 0 Å². The normalized spacial score (nSPS) is 46.8. The number of rotatable bonds is 2. The Kier molecular flexibility index (Phi) is 2.38. The van der Waals surface area contributed by atoms with Crippen LogP contribution in [0.2, 0.25) is 0 Å². The summed E-state index contributed by atoms with van der Waals surface area (Å²) in [7, 11) is 0. The average Bonchev–Trinajstić information content (AvgIpc) is 1.90. The molecule has 0 saturated heterocycles. The molecule has 0 bridgehead atoms. The van der Waals surface area contributed by atoms with Crippen molar-refractivity contribution in [2.24, 2.45) is 23.7 Å². The summed E-state index contributed by atoms with van der Waals surface area (Å²) in [5, 5.41) is 0. The van der Waals surface area contributed by atoms with Crippen molar-refractivity contribution >= 4 is 0 Å². The third kappa shape index (κ3) is 0.980. The fraction of sp³-hybridized carbons (Fsp3) is 1.00. The molecule has 0 aliphatic heterocycles. The molecule has 0 nitrogen and oxygen atoms in total. The molecular formula is C10H20. The van der Waals surface area contributed by atoms with Crippen molar-refractivity contribution in [1.29, 1.82) is 0 Å². The smallest absolute Gasteiger partial charge is 0.0360 e. The predicted octanol–water partition coefficient (Wildman–Crippen LogP) is 3.32. The molecule has 0 atom stereocenters. The molecule has 60 valence electrons. The standard InChI is InChI=1S/C10H20/c1-5-9-7(3)10(6-2)8(9)4/h7-10H,5-6H2,1-4H3. The summed E-state index contributed by atoms with van der Waals surface area (Å²) in [6.45, 7) is 9.48. The summed E-state index contributed by atoms with van der Waals surface area (Å²) in [5.41, 5.74) is 0. The van der Waals surface area contributed by atoms with E-state index in [0.717, 1.165) is 23.7 Å². The van der Waals surface area contributed by atoms with Crippen LogP contribution in [0.3, 0.4) is 0 Å². The van der Waals surface area contributed by atoms with E-state index in [9.17, 15) is 0 Å². The second kappa shape index (κ2) is 2.94. The molecule has 0 spiro atoms. The van der Waals surface area contributed by atoms with Crippen LogP contribution in [0.5, 0.6) is 0 Å². The van der Waals surface area contributed by atoms with E-state index in [2.05, 4.69) is 27.7 Å². The van der Waals surface area contributed by atoms with Crippen LogP contribution >= 0.6 is 0 Å². The predicted molar refractivity (Wildman–Crippen MR) is 45.9 cm³/mol. The fourth-order valence-electron chi connectivity index (χ4n) is 2.93. The van der Waals surface area contributed by atoms with Gasteiger partial charge in [-0.1, -0.05) is 40.5 Å². The zero-order chi connectivity index (χ0) is 7.72. The van der Waals surface area contributed by atoms with Gasteiger partial charge in [0.25, 0.3) is 0 Å². The summed E-state index contributed by atoms with van der Waals surface area (Å²) in [6.07, 6.45) is 2.78. The first-order chi connectivity index (χ1) is 4.72.